The smallest absolute Gasteiger partial charge is 0.321 e. The Morgan fingerprint density at radius 3 is 2.40 bits per heavy atom. The van der Waals surface area contributed by atoms with E-state index in [0.29, 0.717) is 56.4 Å². The number of aliphatic carboxylic acids is 1. The molecule has 0 bridgehead atoms. The van der Waals surface area contributed by atoms with Crippen molar-refractivity contribution in [2.45, 2.75) is 89.3 Å². The van der Waals surface area contributed by atoms with Gasteiger partial charge in [0.25, 0.3) is 0 Å². The first-order valence-electron chi connectivity index (χ1n) is 17.9. The Balaban J connectivity index is 1.25. The highest BCUT2D eigenvalue weighted by Crippen LogP contribution is 2.58. The van der Waals surface area contributed by atoms with E-state index in [9.17, 15) is 19.5 Å². The number of carboxylic acid groups (broad SMARTS) is 1. The van der Waals surface area contributed by atoms with Crippen LogP contribution in [0, 0.1) is 11.3 Å². The first-order chi connectivity index (χ1) is 24.3. The summed E-state index contributed by atoms with van der Waals surface area (Å²) < 4.78 is 17.2. The fourth-order valence-electron chi connectivity index (χ4n) is 7.63. The van der Waals surface area contributed by atoms with Gasteiger partial charge in [-0.3, -0.25) is 9.59 Å². The zero-order chi connectivity index (χ0) is 35.1. The van der Waals surface area contributed by atoms with Crippen molar-refractivity contribution in [1.82, 2.24) is 19.8 Å². The second kappa shape index (κ2) is 15.9. The van der Waals surface area contributed by atoms with Crippen LogP contribution in [0.15, 0.2) is 60.7 Å². The fraction of sp³-hybridized carbons (Fsp3) is 0.513. The Bertz CT molecular complexity index is 1640. The summed E-state index contributed by atoms with van der Waals surface area (Å²) in [4.78, 5) is 53.4. The van der Waals surface area contributed by atoms with E-state index in [1.807, 2.05) is 59.5 Å². The number of urea groups is 1. The van der Waals surface area contributed by atoms with E-state index in [-0.39, 0.29) is 30.7 Å². The van der Waals surface area contributed by atoms with Crippen LogP contribution in [-0.2, 0) is 16.1 Å². The van der Waals surface area contributed by atoms with Crippen LogP contribution in [0.3, 0.4) is 0 Å². The van der Waals surface area contributed by atoms with Gasteiger partial charge in [0.2, 0.25) is 11.8 Å². The third kappa shape index (κ3) is 8.20. The van der Waals surface area contributed by atoms with Gasteiger partial charge in [0.05, 0.1) is 38.3 Å². The summed E-state index contributed by atoms with van der Waals surface area (Å²) in [6.45, 7) is 1.17. The van der Waals surface area contributed by atoms with Gasteiger partial charge >= 0.3 is 12.0 Å². The summed E-state index contributed by atoms with van der Waals surface area (Å²) in [5.41, 5.74) is 1.06. The van der Waals surface area contributed by atoms with E-state index in [1.165, 1.54) is 7.11 Å². The van der Waals surface area contributed by atoms with Crippen molar-refractivity contribution in [2.24, 2.45) is 11.3 Å². The van der Waals surface area contributed by atoms with Gasteiger partial charge in [0, 0.05) is 31.5 Å². The molecule has 1 aliphatic carbocycles. The molecule has 3 heterocycles. The third-order valence-corrected chi connectivity index (χ3v) is 10.6. The average Bonchev–Trinajstić information content (AvgIpc) is 3.69. The molecule has 2 amide bonds. The Labute approximate surface area is 294 Å². The maximum atomic E-state index is 14.5. The lowest BCUT2D eigenvalue weighted by molar-refractivity contribution is -0.144. The number of hydrogen-bond donors (Lipinski definition) is 1. The van der Waals surface area contributed by atoms with E-state index in [4.69, 9.17) is 14.2 Å². The quantitative estimate of drug-likeness (QED) is 0.273. The number of benzene rings is 2. The zero-order valence-corrected chi connectivity index (χ0v) is 29.1. The molecule has 0 spiro atoms. The molecule has 50 heavy (non-hydrogen) atoms. The lowest BCUT2D eigenvalue weighted by Gasteiger charge is -2.31. The lowest BCUT2D eigenvalue weighted by atomic mass is 9.92. The molecule has 11 nitrogen and oxygen atoms in total. The predicted molar refractivity (Wildman–Crippen MR) is 187 cm³/mol. The number of rotatable bonds is 8. The van der Waals surface area contributed by atoms with Crippen LogP contribution in [0.1, 0.15) is 76.2 Å². The average molecular weight is 685 g/mol. The number of carboxylic acids is 1. The largest absolute Gasteiger partial charge is 0.497 e. The number of ether oxygens (including phenoxy) is 3. The molecule has 0 unspecified atom stereocenters. The number of Topliss-reactive ketones (excluding diaryl/α,β-unsaturated/α-hetero) is 1. The highest BCUT2D eigenvalue weighted by molar-refractivity contribution is 5.89. The van der Waals surface area contributed by atoms with Crippen LogP contribution >= 0.6 is 0 Å². The van der Waals surface area contributed by atoms with Gasteiger partial charge in [0.1, 0.15) is 11.9 Å². The minimum atomic E-state index is -0.747. The standard InChI is InChI=1S/C39H48N4O7/c1-48-30-18-16-27(17-19-30)25-42-21-10-5-3-4-9-14-29-24-39(29,37(45)46)20-11-15-33(44)32-22-31(26-43(32)38(42)47)50-35-23-34(49-2)40-36(41-35)28-12-7-6-8-13-28/h6-8,12-13,16-19,23,29,31-32H,3-5,9-11,14-15,20-22,24-26H2,1-2H3,(H,45,46)/t29-,31-,32+,39+/m1/s1. The number of nitrogens with zero attached hydrogens (tertiary/aromatic N) is 4. The summed E-state index contributed by atoms with van der Waals surface area (Å²) in [5.74, 6) is 1.20. The Hall–Kier alpha value is -4.67. The molecule has 1 N–H and O–H groups in total. The van der Waals surface area contributed by atoms with Crippen LogP contribution < -0.4 is 14.2 Å². The predicted octanol–water partition coefficient (Wildman–Crippen LogP) is 6.79. The van der Waals surface area contributed by atoms with Gasteiger partial charge in [-0.05, 0) is 55.7 Å². The van der Waals surface area contributed by atoms with Gasteiger partial charge in [0.15, 0.2) is 11.6 Å². The number of carbonyl (C=O) groups is 3. The lowest BCUT2D eigenvalue weighted by Crippen LogP contribution is -2.48. The molecule has 4 atom stereocenters. The molecule has 3 aliphatic rings. The van der Waals surface area contributed by atoms with Crippen molar-refractivity contribution in [3.8, 4) is 28.9 Å². The SMILES string of the molecule is COc1ccc(CN2CCCCCCC[C@@H]3C[C@@]3(C(=O)O)CCCC(=O)[C@@H]3C[C@@H](Oc4cc(OC)nc(-c5ccccc5)n4)CN3C2=O)cc1. The molecule has 2 saturated heterocycles. The van der Waals surface area contributed by atoms with E-state index in [1.54, 1.807) is 18.1 Å². The molecule has 266 valence electrons. The molecule has 3 fully saturated rings. The summed E-state index contributed by atoms with van der Waals surface area (Å²) in [5, 5.41) is 10.1. The molecular formula is C39H48N4O7. The van der Waals surface area contributed by atoms with Crippen molar-refractivity contribution >= 4 is 17.8 Å². The maximum Gasteiger partial charge on any atom is 0.321 e. The number of hydrogen-bond acceptors (Lipinski definition) is 8. The van der Waals surface area contributed by atoms with E-state index in [2.05, 4.69) is 9.97 Å². The molecule has 1 saturated carbocycles. The summed E-state index contributed by atoms with van der Waals surface area (Å²) in [7, 11) is 3.16. The minimum Gasteiger partial charge on any atom is -0.497 e. The van der Waals surface area contributed by atoms with Crippen molar-refractivity contribution in [1.29, 1.82) is 0 Å². The van der Waals surface area contributed by atoms with Crippen molar-refractivity contribution in [2.75, 3.05) is 27.3 Å². The molecule has 2 aliphatic heterocycles. The number of carbonyl (C=O) groups excluding carboxylic acids is 2. The Kier molecular flexibility index (Phi) is 11.2. The highest BCUT2D eigenvalue weighted by Gasteiger charge is 2.58. The number of aromatic nitrogens is 2. The van der Waals surface area contributed by atoms with Crippen LogP contribution in [-0.4, -0.2) is 82.1 Å². The zero-order valence-electron chi connectivity index (χ0n) is 29.1. The monoisotopic (exact) mass is 684 g/mol. The van der Waals surface area contributed by atoms with Gasteiger partial charge in [-0.25, -0.2) is 4.79 Å². The summed E-state index contributed by atoms with van der Waals surface area (Å²) in [6, 6.07) is 17.9. The molecule has 0 radical (unpaired) electrons. The Morgan fingerprint density at radius 2 is 1.66 bits per heavy atom. The summed E-state index contributed by atoms with van der Waals surface area (Å²) in [6.07, 6.45) is 7.46. The molecule has 6 rings (SSSR count). The fourth-order valence-corrected chi connectivity index (χ4v) is 7.63. The number of ketones is 1. The maximum absolute atomic E-state index is 14.5. The molecule has 2 aromatic carbocycles. The van der Waals surface area contributed by atoms with Gasteiger partial charge in [-0.1, -0.05) is 68.1 Å². The topological polar surface area (TPSA) is 131 Å². The second-order valence-corrected chi connectivity index (χ2v) is 13.9. The second-order valence-electron chi connectivity index (χ2n) is 13.9. The van der Waals surface area contributed by atoms with Crippen LogP contribution in [0.25, 0.3) is 11.4 Å². The van der Waals surface area contributed by atoms with Gasteiger partial charge in [-0.2, -0.15) is 9.97 Å². The normalized spacial score (nSPS) is 24.9. The summed E-state index contributed by atoms with van der Waals surface area (Å²) >= 11 is 0. The molecule has 3 aromatic rings. The number of amides is 2. The molecular weight excluding hydrogens is 636 g/mol. The van der Waals surface area contributed by atoms with Crippen LogP contribution in [0.4, 0.5) is 4.79 Å². The first kappa shape index (κ1) is 35.2. The Morgan fingerprint density at radius 1 is 0.920 bits per heavy atom. The molecule has 1 aromatic heterocycles. The van der Waals surface area contributed by atoms with E-state index >= 15 is 0 Å². The van der Waals surface area contributed by atoms with E-state index < -0.39 is 23.5 Å². The van der Waals surface area contributed by atoms with Crippen LogP contribution in [0.2, 0.25) is 0 Å². The highest BCUT2D eigenvalue weighted by atomic mass is 16.5. The third-order valence-electron chi connectivity index (χ3n) is 10.6. The van der Waals surface area contributed by atoms with Crippen molar-refractivity contribution < 1.29 is 33.7 Å². The number of fused-ring (bicyclic) bond motifs is 2. The van der Waals surface area contributed by atoms with Gasteiger partial charge < -0.3 is 29.1 Å². The van der Waals surface area contributed by atoms with Crippen molar-refractivity contribution in [3.05, 3.63) is 66.2 Å². The van der Waals surface area contributed by atoms with Gasteiger partial charge in [-0.15, -0.1) is 0 Å². The number of methoxy groups -OCH3 is 2. The first-order valence-corrected chi connectivity index (χ1v) is 17.9. The van der Waals surface area contributed by atoms with Crippen molar-refractivity contribution in [3.63, 3.8) is 0 Å². The van der Waals surface area contributed by atoms with E-state index in [0.717, 1.165) is 55.4 Å². The minimum absolute atomic E-state index is 0.0684. The molecule has 11 heteroatoms. The van der Waals surface area contributed by atoms with Crippen LogP contribution in [0.5, 0.6) is 17.5 Å².